The molecule has 0 fully saturated rings. The largest absolute Gasteiger partial charge is 0.480 e. The molecule has 0 aromatic heterocycles. The number of hydrogen-bond donors (Lipinski definition) is 1. The van der Waals surface area contributed by atoms with Crippen LogP contribution in [0.25, 0.3) is 0 Å². The molecule has 1 atom stereocenters. The monoisotopic (exact) mass is 331 g/mol. The van der Waals surface area contributed by atoms with Crippen LogP contribution in [0.5, 0.6) is 5.75 Å². The second-order valence-electron chi connectivity index (χ2n) is 5.02. The number of rotatable bonds is 6. The van der Waals surface area contributed by atoms with Gasteiger partial charge in [-0.1, -0.05) is 19.8 Å². The third-order valence-corrected chi connectivity index (χ3v) is 4.71. The second-order valence-corrected chi connectivity index (χ2v) is 7.58. The van der Waals surface area contributed by atoms with Crippen LogP contribution in [0.4, 0.5) is 0 Å². The first kappa shape index (κ1) is 16.1. The molecular formula is C14H18ClNO4S. The van der Waals surface area contributed by atoms with Crippen LogP contribution < -0.4 is 10.1 Å². The Morgan fingerprint density at radius 1 is 1.43 bits per heavy atom. The van der Waals surface area contributed by atoms with E-state index < -0.39 is 15.2 Å². The van der Waals surface area contributed by atoms with Crippen LogP contribution in [-0.4, -0.2) is 27.0 Å². The number of unbranched alkanes of at least 4 members (excludes halogenated alkanes) is 2. The van der Waals surface area contributed by atoms with E-state index in [1.54, 1.807) is 0 Å². The number of nitrogens with one attached hydrogen (secondary N) is 1. The molecule has 1 unspecified atom stereocenters. The van der Waals surface area contributed by atoms with Crippen LogP contribution in [-0.2, 0) is 20.3 Å². The van der Waals surface area contributed by atoms with Crippen LogP contribution in [0.15, 0.2) is 23.1 Å². The first-order chi connectivity index (χ1) is 9.91. The lowest BCUT2D eigenvalue weighted by atomic mass is 10.1. The van der Waals surface area contributed by atoms with Crippen LogP contribution in [0.1, 0.15) is 31.7 Å². The SMILES string of the molecule is CCCCCNC(=O)C1Cc2cc(S(=O)(=O)Cl)ccc2O1. The van der Waals surface area contributed by atoms with Crippen molar-refractivity contribution in [1.29, 1.82) is 0 Å². The summed E-state index contributed by atoms with van der Waals surface area (Å²) in [5, 5.41) is 2.83. The van der Waals surface area contributed by atoms with Crippen molar-refractivity contribution in [2.24, 2.45) is 0 Å². The maximum absolute atomic E-state index is 12.0. The Labute approximate surface area is 129 Å². The lowest BCUT2D eigenvalue weighted by Gasteiger charge is -2.10. The van der Waals surface area contributed by atoms with Gasteiger partial charge in [-0.15, -0.1) is 0 Å². The molecule has 1 N–H and O–H groups in total. The molecule has 0 bridgehead atoms. The number of benzene rings is 1. The van der Waals surface area contributed by atoms with E-state index in [2.05, 4.69) is 12.2 Å². The molecule has 7 heteroatoms. The highest BCUT2D eigenvalue weighted by molar-refractivity contribution is 8.13. The Hall–Kier alpha value is -1.27. The molecule has 0 saturated carbocycles. The Kier molecular flexibility index (Phi) is 5.11. The average molecular weight is 332 g/mol. The number of carbonyl (C=O) groups is 1. The fourth-order valence-electron chi connectivity index (χ4n) is 2.22. The van der Waals surface area contributed by atoms with E-state index in [-0.39, 0.29) is 10.8 Å². The molecule has 0 radical (unpaired) electrons. The van der Waals surface area contributed by atoms with Crippen molar-refractivity contribution in [2.45, 2.75) is 43.6 Å². The molecule has 1 aromatic rings. The Balaban J connectivity index is 1.98. The van der Waals surface area contributed by atoms with E-state index >= 15 is 0 Å². The molecule has 1 heterocycles. The van der Waals surface area contributed by atoms with Crippen LogP contribution >= 0.6 is 10.7 Å². The normalized spacial score (nSPS) is 17.1. The first-order valence-electron chi connectivity index (χ1n) is 6.93. The van der Waals surface area contributed by atoms with Crippen molar-refractivity contribution in [1.82, 2.24) is 5.32 Å². The molecule has 5 nitrogen and oxygen atoms in total. The summed E-state index contributed by atoms with van der Waals surface area (Å²) in [6.07, 6.45) is 2.86. The Morgan fingerprint density at radius 2 is 2.19 bits per heavy atom. The van der Waals surface area contributed by atoms with Gasteiger partial charge in [0.2, 0.25) is 0 Å². The summed E-state index contributed by atoms with van der Waals surface area (Å²) in [4.78, 5) is 12.0. The van der Waals surface area contributed by atoms with Crippen LogP contribution in [0, 0.1) is 0 Å². The summed E-state index contributed by atoms with van der Waals surface area (Å²) >= 11 is 0. The summed E-state index contributed by atoms with van der Waals surface area (Å²) in [7, 11) is 1.54. The smallest absolute Gasteiger partial charge is 0.261 e. The van der Waals surface area contributed by atoms with E-state index in [0.717, 1.165) is 19.3 Å². The fraction of sp³-hybridized carbons (Fsp3) is 0.500. The topological polar surface area (TPSA) is 72.5 Å². The molecule has 21 heavy (non-hydrogen) atoms. The average Bonchev–Trinajstić information content (AvgIpc) is 2.85. The first-order valence-corrected chi connectivity index (χ1v) is 9.24. The van der Waals surface area contributed by atoms with Crippen LogP contribution in [0.2, 0.25) is 0 Å². The molecule has 0 saturated heterocycles. The quantitative estimate of drug-likeness (QED) is 0.641. The van der Waals surface area contributed by atoms with Crippen molar-refractivity contribution in [2.75, 3.05) is 6.54 Å². The summed E-state index contributed by atoms with van der Waals surface area (Å²) in [6.45, 7) is 2.73. The summed E-state index contributed by atoms with van der Waals surface area (Å²) in [5.41, 5.74) is 0.686. The van der Waals surface area contributed by atoms with Gasteiger partial charge in [-0.3, -0.25) is 4.79 Å². The van der Waals surface area contributed by atoms with Gasteiger partial charge in [0.25, 0.3) is 15.0 Å². The zero-order valence-electron chi connectivity index (χ0n) is 11.8. The molecule has 1 amide bonds. The van der Waals surface area contributed by atoms with Gasteiger partial charge in [0.15, 0.2) is 6.10 Å². The lowest BCUT2D eigenvalue weighted by Crippen LogP contribution is -2.37. The summed E-state index contributed by atoms with van der Waals surface area (Å²) in [6, 6.07) is 4.37. The van der Waals surface area contributed by atoms with Gasteiger partial charge in [-0.05, 0) is 30.2 Å². The molecule has 116 valence electrons. The zero-order valence-corrected chi connectivity index (χ0v) is 13.3. The molecule has 1 aromatic carbocycles. The minimum atomic E-state index is -3.77. The van der Waals surface area contributed by atoms with Crippen molar-refractivity contribution in [3.63, 3.8) is 0 Å². The molecule has 1 aliphatic rings. The highest BCUT2D eigenvalue weighted by atomic mass is 35.7. The molecule has 0 spiro atoms. The van der Waals surface area contributed by atoms with Gasteiger partial charge in [0, 0.05) is 23.6 Å². The molecule has 0 aliphatic carbocycles. The van der Waals surface area contributed by atoms with E-state index in [1.165, 1.54) is 18.2 Å². The Bertz CT molecular complexity index is 630. The van der Waals surface area contributed by atoms with Gasteiger partial charge in [-0.25, -0.2) is 8.42 Å². The predicted molar refractivity (Wildman–Crippen MR) is 80.1 cm³/mol. The number of ether oxygens (including phenoxy) is 1. The van der Waals surface area contributed by atoms with Gasteiger partial charge < -0.3 is 10.1 Å². The number of halogens is 1. The third kappa shape index (κ3) is 4.11. The predicted octanol–water partition coefficient (Wildman–Crippen LogP) is 2.22. The van der Waals surface area contributed by atoms with Gasteiger partial charge in [0.1, 0.15) is 5.75 Å². The van der Waals surface area contributed by atoms with E-state index in [0.29, 0.717) is 24.3 Å². The summed E-state index contributed by atoms with van der Waals surface area (Å²) in [5.74, 6) is 0.366. The van der Waals surface area contributed by atoms with Crippen molar-refractivity contribution >= 4 is 25.6 Å². The highest BCUT2D eigenvalue weighted by Crippen LogP contribution is 2.31. The second kappa shape index (κ2) is 6.66. The van der Waals surface area contributed by atoms with Crippen molar-refractivity contribution in [3.8, 4) is 5.75 Å². The minimum absolute atomic E-state index is 0.0236. The van der Waals surface area contributed by atoms with Gasteiger partial charge >= 0.3 is 0 Å². The van der Waals surface area contributed by atoms with Gasteiger partial charge in [-0.2, -0.15) is 0 Å². The van der Waals surface area contributed by atoms with E-state index in [4.69, 9.17) is 15.4 Å². The van der Waals surface area contributed by atoms with E-state index in [1.807, 2.05) is 0 Å². The number of carbonyl (C=O) groups excluding carboxylic acids is 1. The van der Waals surface area contributed by atoms with Crippen molar-refractivity contribution < 1.29 is 17.9 Å². The fourth-order valence-corrected chi connectivity index (χ4v) is 3.02. The van der Waals surface area contributed by atoms with Gasteiger partial charge in [0.05, 0.1) is 4.90 Å². The maximum Gasteiger partial charge on any atom is 0.261 e. The van der Waals surface area contributed by atoms with Crippen LogP contribution in [0.3, 0.4) is 0 Å². The number of fused-ring (bicyclic) bond motifs is 1. The minimum Gasteiger partial charge on any atom is -0.480 e. The lowest BCUT2D eigenvalue weighted by molar-refractivity contribution is -0.127. The zero-order chi connectivity index (χ0) is 15.5. The highest BCUT2D eigenvalue weighted by Gasteiger charge is 2.29. The number of amides is 1. The molecular weight excluding hydrogens is 314 g/mol. The molecule has 2 rings (SSSR count). The summed E-state index contributed by atoms with van der Waals surface area (Å²) < 4.78 is 28.1. The van der Waals surface area contributed by atoms with E-state index in [9.17, 15) is 13.2 Å². The maximum atomic E-state index is 12.0. The van der Waals surface area contributed by atoms with Crippen molar-refractivity contribution in [3.05, 3.63) is 23.8 Å². The Morgan fingerprint density at radius 3 is 2.86 bits per heavy atom. The third-order valence-electron chi connectivity index (χ3n) is 3.36. The molecule has 1 aliphatic heterocycles. The number of hydrogen-bond acceptors (Lipinski definition) is 4. The standard InChI is InChI=1S/C14H18ClNO4S/c1-2-3-4-7-16-14(17)13-9-10-8-11(21(15,18)19)5-6-12(10)20-13/h5-6,8,13H,2-4,7,9H2,1H3,(H,16,17).